The second kappa shape index (κ2) is 5.34. The molecule has 0 aliphatic heterocycles. The third-order valence-electron chi connectivity index (χ3n) is 2.30. The minimum absolute atomic E-state index is 0.0556. The number of pyridine rings is 1. The van der Waals surface area contributed by atoms with Gasteiger partial charge in [0, 0.05) is 12.3 Å². The Morgan fingerprint density at radius 3 is 2.63 bits per heavy atom. The van der Waals surface area contributed by atoms with E-state index < -0.39 is 5.91 Å². The van der Waals surface area contributed by atoms with Gasteiger partial charge in [-0.05, 0) is 18.2 Å². The molecule has 0 unspecified atom stereocenters. The van der Waals surface area contributed by atoms with E-state index in [0.29, 0.717) is 5.02 Å². The Kier molecular flexibility index (Phi) is 3.78. The molecular weight excluding hydrogens is 289 g/mol. The van der Waals surface area contributed by atoms with Gasteiger partial charge in [-0.3, -0.25) is 4.79 Å². The summed E-state index contributed by atoms with van der Waals surface area (Å²) in [6.45, 7) is 0. The molecule has 0 bridgehead atoms. The fourth-order valence-electron chi connectivity index (χ4n) is 1.40. The van der Waals surface area contributed by atoms with Crippen LogP contribution in [0.1, 0.15) is 10.4 Å². The van der Waals surface area contributed by atoms with Crippen LogP contribution in [0.25, 0.3) is 0 Å². The number of aromatic nitrogens is 1. The zero-order chi connectivity index (χ0) is 14.0. The van der Waals surface area contributed by atoms with Gasteiger partial charge in [0.25, 0.3) is 5.91 Å². The minimum atomic E-state index is -0.651. The van der Waals surface area contributed by atoms with Gasteiger partial charge >= 0.3 is 0 Å². The van der Waals surface area contributed by atoms with Crippen LogP contribution in [-0.2, 0) is 0 Å². The smallest absolute Gasteiger partial charge is 0.254 e. The number of carbonyl (C=O) groups excluding carboxylic acids is 1. The van der Waals surface area contributed by atoms with Crippen molar-refractivity contribution < 1.29 is 9.53 Å². The van der Waals surface area contributed by atoms with Gasteiger partial charge in [0.05, 0.1) is 15.7 Å². The molecule has 0 aliphatic carbocycles. The predicted molar refractivity (Wildman–Crippen MR) is 73.7 cm³/mol. The quantitative estimate of drug-likeness (QED) is 0.852. The molecule has 5 nitrogen and oxygen atoms in total. The summed E-state index contributed by atoms with van der Waals surface area (Å²) in [4.78, 5) is 15.2. The number of nitrogens with zero attached hydrogens (tertiary/aromatic N) is 1. The Morgan fingerprint density at radius 1 is 1.26 bits per heavy atom. The van der Waals surface area contributed by atoms with E-state index in [0.717, 1.165) is 0 Å². The highest BCUT2D eigenvalue weighted by atomic mass is 35.5. The Hall–Kier alpha value is -1.98. The van der Waals surface area contributed by atoms with Crippen LogP contribution in [0.5, 0.6) is 11.6 Å². The van der Waals surface area contributed by atoms with Crippen LogP contribution in [0.3, 0.4) is 0 Å². The van der Waals surface area contributed by atoms with E-state index in [2.05, 4.69) is 4.98 Å². The third-order valence-corrected chi connectivity index (χ3v) is 3.02. The molecule has 1 aromatic carbocycles. The van der Waals surface area contributed by atoms with Crippen molar-refractivity contribution in [3.63, 3.8) is 0 Å². The van der Waals surface area contributed by atoms with Crippen LogP contribution in [0, 0.1) is 0 Å². The number of carbonyl (C=O) groups is 1. The van der Waals surface area contributed by atoms with Gasteiger partial charge in [-0.1, -0.05) is 23.2 Å². The summed E-state index contributed by atoms with van der Waals surface area (Å²) in [5.74, 6) is -0.350. The maximum atomic E-state index is 11.2. The topological polar surface area (TPSA) is 91.2 Å². The molecule has 98 valence electrons. The maximum absolute atomic E-state index is 11.2. The van der Waals surface area contributed by atoms with Gasteiger partial charge in [0.2, 0.25) is 5.88 Å². The molecule has 0 saturated carbocycles. The number of primary amides is 1. The average Bonchev–Trinajstić information content (AvgIpc) is 2.36. The molecule has 7 heteroatoms. The number of ether oxygens (including phenoxy) is 1. The lowest BCUT2D eigenvalue weighted by Gasteiger charge is -2.10. The summed E-state index contributed by atoms with van der Waals surface area (Å²) in [6.07, 6.45) is 1.47. The van der Waals surface area contributed by atoms with Crippen molar-refractivity contribution in [3.8, 4) is 11.6 Å². The Bertz CT molecular complexity index is 647. The minimum Gasteiger partial charge on any atom is -0.436 e. The highest BCUT2D eigenvalue weighted by Crippen LogP contribution is 2.35. The first-order chi connectivity index (χ1) is 8.99. The molecule has 1 amide bonds. The Balaban J connectivity index is 2.42. The van der Waals surface area contributed by atoms with E-state index in [1.807, 2.05) is 0 Å². The second-order valence-electron chi connectivity index (χ2n) is 3.63. The molecule has 4 N–H and O–H groups in total. The molecule has 0 saturated heterocycles. The second-order valence-corrected chi connectivity index (χ2v) is 4.44. The molecule has 19 heavy (non-hydrogen) atoms. The summed E-state index contributed by atoms with van der Waals surface area (Å²) in [5.41, 5.74) is 11.4. The molecule has 0 aliphatic rings. The molecule has 2 aromatic rings. The number of nitrogens with two attached hydrogens (primary N) is 2. The van der Waals surface area contributed by atoms with Gasteiger partial charge in [-0.15, -0.1) is 0 Å². The van der Waals surface area contributed by atoms with Crippen LogP contribution in [0.4, 0.5) is 5.69 Å². The molecule has 0 fully saturated rings. The average molecular weight is 298 g/mol. The Morgan fingerprint density at radius 2 is 1.95 bits per heavy atom. The van der Waals surface area contributed by atoms with Gasteiger partial charge in [0.1, 0.15) is 5.56 Å². The fraction of sp³-hybridized carbons (Fsp3) is 0. The van der Waals surface area contributed by atoms with Crippen LogP contribution < -0.4 is 16.2 Å². The molecule has 2 rings (SSSR count). The lowest BCUT2D eigenvalue weighted by molar-refractivity contribution is 0.0997. The van der Waals surface area contributed by atoms with Crippen molar-refractivity contribution >= 4 is 34.8 Å². The number of hydrogen-bond acceptors (Lipinski definition) is 4. The summed E-state index contributed by atoms with van der Waals surface area (Å²) in [5, 5.41) is 0.588. The number of benzene rings is 1. The van der Waals surface area contributed by atoms with Crippen molar-refractivity contribution in [1.29, 1.82) is 0 Å². The normalized spacial score (nSPS) is 10.2. The first kappa shape index (κ1) is 13.5. The highest BCUT2D eigenvalue weighted by Gasteiger charge is 2.13. The predicted octanol–water partition coefficient (Wildman–Crippen LogP) is 2.86. The lowest BCUT2D eigenvalue weighted by atomic mass is 10.2. The van der Waals surface area contributed by atoms with Crippen molar-refractivity contribution in [1.82, 2.24) is 4.98 Å². The van der Waals surface area contributed by atoms with Crippen molar-refractivity contribution in [3.05, 3.63) is 46.1 Å². The number of halogens is 2. The SMILES string of the molecule is NC(=O)c1cccnc1Oc1cc(Cl)c(Cl)cc1N. The number of nitrogen functional groups attached to an aromatic ring is 1. The molecule has 0 atom stereocenters. The summed E-state index contributed by atoms with van der Waals surface area (Å²) in [6, 6.07) is 5.97. The third kappa shape index (κ3) is 2.89. The maximum Gasteiger partial charge on any atom is 0.254 e. The monoisotopic (exact) mass is 297 g/mol. The van der Waals surface area contributed by atoms with E-state index in [1.54, 1.807) is 6.07 Å². The number of rotatable bonds is 3. The van der Waals surface area contributed by atoms with Crippen molar-refractivity contribution in [2.45, 2.75) is 0 Å². The van der Waals surface area contributed by atoms with Crippen LogP contribution in [0.2, 0.25) is 10.0 Å². The van der Waals surface area contributed by atoms with Crippen LogP contribution >= 0.6 is 23.2 Å². The Labute approximate surface area is 119 Å². The van der Waals surface area contributed by atoms with Gasteiger partial charge < -0.3 is 16.2 Å². The van der Waals surface area contributed by atoms with E-state index >= 15 is 0 Å². The first-order valence-corrected chi connectivity index (χ1v) is 5.92. The van der Waals surface area contributed by atoms with Crippen molar-refractivity contribution in [2.75, 3.05) is 5.73 Å². The number of anilines is 1. The largest absolute Gasteiger partial charge is 0.436 e. The van der Waals surface area contributed by atoms with Crippen molar-refractivity contribution in [2.24, 2.45) is 5.73 Å². The van der Waals surface area contributed by atoms with Gasteiger partial charge in [-0.2, -0.15) is 0 Å². The number of amides is 1. The molecule has 0 radical (unpaired) electrons. The molecule has 1 heterocycles. The zero-order valence-corrected chi connectivity index (χ0v) is 11.1. The number of hydrogen-bond donors (Lipinski definition) is 2. The molecule has 1 aromatic heterocycles. The summed E-state index contributed by atoms with van der Waals surface area (Å²) < 4.78 is 5.46. The molecule has 0 spiro atoms. The van der Waals surface area contributed by atoms with Crippen LogP contribution in [0.15, 0.2) is 30.5 Å². The summed E-state index contributed by atoms with van der Waals surface area (Å²) >= 11 is 11.7. The van der Waals surface area contributed by atoms with E-state index in [9.17, 15) is 4.79 Å². The standard InChI is InChI=1S/C12H9Cl2N3O2/c13-7-4-9(15)10(5-8(7)14)19-12-6(11(16)18)2-1-3-17-12/h1-5H,15H2,(H2,16,18). The zero-order valence-electron chi connectivity index (χ0n) is 9.56. The molecular formula is C12H9Cl2N3O2. The highest BCUT2D eigenvalue weighted by molar-refractivity contribution is 6.42. The van der Waals surface area contributed by atoms with E-state index in [-0.39, 0.29) is 27.9 Å². The van der Waals surface area contributed by atoms with E-state index in [1.165, 1.54) is 24.4 Å². The fourth-order valence-corrected chi connectivity index (χ4v) is 1.72. The summed E-state index contributed by atoms with van der Waals surface area (Å²) in [7, 11) is 0. The lowest BCUT2D eigenvalue weighted by Crippen LogP contribution is -2.13. The van der Waals surface area contributed by atoms with Gasteiger partial charge in [-0.25, -0.2) is 4.98 Å². The van der Waals surface area contributed by atoms with Gasteiger partial charge in [0.15, 0.2) is 5.75 Å². The van der Waals surface area contributed by atoms with E-state index in [4.69, 9.17) is 39.4 Å². The van der Waals surface area contributed by atoms with Crippen LogP contribution in [-0.4, -0.2) is 10.9 Å². The first-order valence-electron chi connectivity index (χ1n) is 5.16.